The number of nitrogens with one attached hydrogen (secondary N) is 1. The topological polar surface area (TPSA) is 27.7 Å². The molecule has 1 N–H and O–H groups in total. The minimum Gasteiger partial charge on any atom is -0.379 e. The lowest BCUT2D eigenvalue weighted by Gasteiger charge is -2.19. The van der Waals surface area contributed by atoms with Crippen molar-refractivity contribution >= 4 is 0 Å². The summed E-state index contributed by atoms with van der Waals surface area (Å²) in [6.07, 6.45) is 4.14. The van der Waals surface area contributed by atoms with Gasteiger partial charge in [-0.2, -0.15) is 0 Å². The normalized spacial score (nSPS) is 29.3. The molecule has 0 radical (unpaired) electrons. The first kappa shape index (κ1) is 14.3. The number of hydrogen-bond acceptors (Lipinski definition) is 4. The van der Waals surface area contributed by atoms with Crippen molar-refractivity contribution in [1.82, 2.24) is 15.1 Å². The molecule has 2 fully saturated rings. The summed E-state index contributed by atoms with van der Waals surface area (Å²) in [6.45, 7) is 7.28. The molecule has 1 saturated heterocycles. The molecule has 1 aliphatic carbocycles. The summed E-state index contributed by atoms with van der Waals surface area (Å²) >= 11 is 0. The molecule has 0 aromatic rings. The average Bonchev–Trinajstić information content (AvgIpc) is 3.08. The Bertz CT molecular complexity index is 243. The molecule has 2 aliphatic rings. The van der Waals surface area contributed by atoms with Crippen LogP contribution in [0.1, 0.15) is 26.2 Å². The Labute approximate surface area is 112 Å². The van der Waals surface area contributed by atoms with Gasteiger partial charge in [-0.15, -0.1) is 0 Å². The lowest BCUT2D eigenvalue weighted by atomic mass is 10.2. The molecule has 1 saturated carbocycles. The molecule has 4 nitrogen and oxygen atoms in total. The molecule has 2 rings (SSSR count). The lowest BCUT2D eigenvalue weighted by molar-refractivity contribution is 0.117. The molecule has 0 spiro atoms. The highest BCUT2D eigenvalue weighted by Gasteiger charge is 2.38. The Morgan fingerprint density at radius 3 is 2.72 bits per heavy atom. The van der Waals surface area contributed by atoms with Crippen molar-refractivity contribution in [1.29, 1.82) is 0 Å². The Balaban J connectivity index is 1.50. The fraction of sp³-hybridized carbons (Fsp3) is 1.00. The van der Waals surface area contributed by atoms with Crippen LogP contribution >= 0.6 is 0 Å². The third-order valence-corrected chi connectivity index (χ3v) is 4.00. The van der Waals surface area contributed by atoms with Gasteiger partial charge in [0.05, 0.1) is 13.2 Å². The summed E-state index contributed by atoms with van der Waals surface area (Å²) in [6, 6.07) is 2.35. The van der Waals surface area contributed by atoms with E-state index >= 15 is 0 Å². The summed E-state index contributed by atoms with van der Waals surface area (Å²) in [5.41, 5.74) is 0. The molecule has 0 aromatic carbocycles. The first-order chi connectivity index (χ1) is 8.66. The summed E-state index contributed by atoms with van der Waals surface area (Å²) in [5, 5.41) is 3.63. The lowest BCUT2D eigenvalue weighted by Crippen LogP contribution is -2.36. The number of likely N-dealkylation sites (tertiary alicyclic amines) is 1. The van der Waals surface area contributed by atoms with Crippen LogP contribution in [0.4, 0.5) is 0 Å². The van der Waals surface area contributed by atoms with Gasteiger partial charge < -0.3 is 15.0 Å². The van der Waals surface area contributed by atoms with Crippen molar-refractivity contribution in [3.8, 4) is 0 Å². The minimum atomic E-state index is 0.679. The summed E-state index contributed by atoms with van der Waals surface area (Å²) in [4.78, 5) is 4.84. The second-order valence-electron chi connectivity index (χ2n) is 6.08. The monoisotopic (exact) mass is 255 g/mol. The van der Waals surface area contributed by atoms with Crippen LogP contribution in [0, 0.1) is 0 Å². The van der Waals surface area contributed by atoms with Gasteiger partial charge in [-0.3, -0.25) is 4.90 Å². The number of rotatable bonds is 8. The molecule has 18 heavy (non-hydrogen) atoms. The van der Waals surface area contributed by atoms with E-state index in [2.05, 4.69) is 36.1 Å². The van der Waals surface area contributed by atoms with Crippen molar-refractivity contribution in [2.75, 3.05) is 46.9 Å². The molecule has 1 heterocycles. The molecule has 106 valence electrons. The SMILES string of the molecule is CC1CC(NCCOCCN(C)C)CN1C1CC1. The molecule has 4 heteroatoms. The number of ether oxygens (including phenoxy) is 1. The molecular formula is C14H29N3O. The fourth-order valence-electron chi connectivity index (χ4n) is 2.80. The van der Waals surface area contributed by atoms with E-state index in [0.717, 1.165) is 38.4 Å². The molecule has 0 amide bonds. The van der Waals surface area contributed by atoms with Gasteiger partial charge in [0, 0.05) is 37.8 Å². The predicted octanol–water partition coefficient (Wildman–Crippen LogP) is 0.779. The zero-order valence-electron chi connectivity index (χ0n) is 12.2. The van der Waals surface area contributed by atoms with E-state index in [1.165, 1.54) is 25.8 Å². The molecular weight excluding hydrogens is 226 g/mol. The van der Waals surface area contributed by atoms with E-state index in [1.807, 2.05) is 0 Å². The molecule has 1 aliphatic heterocycles. The second-order valence-corrected chi connectivity index (χ2v) is 6.08. The molecule has 2 unspecified atom stereocenters. The van der Waals surface area contributed by atoms with Crippen molar-refractivity contribution in [3.63, 3.8) is 0 Å². The van der Waals surface area contributed by atoms with Crippen molar-refractivity contribution in [2.24, 2.45) is 0 Å². The Morgan fingerprint density at radius 1 is 1.28 bits per heavy atom. The standard InChI is InChI=1S/C14H29N3O/c1-12-10-13(11-17(12)14-4-5-14)15-6-8-18-9-7-16(2)3/h12-15H,4-11H2,1-3H3. The van der Waals surface area contributed by atoms with Crippen molar-refractivity contribution < 1.29 is 4.74 Å². The zero-order valence-corrected chi connectivity index (χ0v) is 12.2. The van der Waals surface area contributed by atoms with Crippen LogP contribution in [-0.4, -0.2) is 74.9 Å². The van der Waals surface area contributed by atoms with Crippen LogP contribution in [0.5, 0.6) is 0 Å². The van der Waals surface area contributed by atoms with E-state index in [0.29, 0.717) is 6.04 Å². The average molecular weight is 255 g/mol. The van der Waals surface area contributed by atoms with E-state index < -0.39 is 0 Å². The van der Waals surface area contributed by atoms with Crippen molar-refractivity contribution in [3.05, 3.63) is 0 Å². The van der Waals surface area contributed by atoms with Gasteiger partial charge in [0.15, 0.2) is 0 Å². The van der Waals surface area contributed by atoms with Gasteiger partial charge in [0.1, 0.15) is 0 Å². The fourth-order valence-corrected chi connectivity index (χ4v) is 2.80. The van der Waals surface area contributed by atoms with Crippen LogP contribution in [-0.2, 0) is 4.74 Å². The van der Waals surface area contributed by atoms with E-state index in [4.69, 9.17) is 4.74 Å². The highest BCUT2D eigenvalue weighted by atomic mass is 16.5. The van der Waals surface area contributed by atoms with E-state index in [-0.39, 0.29) is 0 Å². The van der Waals surface area contributed by atoms with Crippen LogP contribution in [0.3, 0.4) is 0 Å². The van der Waals surface area contributed by atoms with Gasteiger partial charge in [-0.05, 0) is 40.3 Å². The molecule has 0 aromatic heterocycles. The maximum absolute atomic E-state index is 5.60. The first-order valence-electron chi connectivity index (χ1n) is 7.38. The van der Waals surface area contributed by atoms with E-state index in [9.17, 15) is 0 Å². The molecule has 0 bridgehead atoms. The highest BCUT2D eigenvalue weighted by molar-refractivity contribution is 4.95. The largest absolute Gasteiger partial charge is 0.379 e. The third-order valence-electron chi connectivity index (χ3n) is 4.00. The number of likely N-dealkylation sites (N-methyl/N-ethyl adjacent to an activating group) is 1. The maximum Gasteiger partial charge on any atom is 0.0593 e. The first-order valence-corrected chi connectivity index (χ1v) is 7.38. The van der Waals surface area contributed by atoms with Gasteiger partial charge in [0.2, 0.25) is 0 Å². The van der Waals surface area contributed by atoms with E-state index in [1.54, 1.807) is 0 Å². The minimum absolute atomic E-state index is 0.679. The third kappa shape index (κ3) is 4.50. The van der Waals surface area contributed by atoms with Crippen LogP contribution in [0.15, 0.2) is 0 Å². The highest BCUT2D eigenvalue weighted by Crippen LogP contribution is 2.33. The molecule has 2 atom stereocenters. The summed E-state index contributed by atoms with van der Waals surface area (Å²) < 4.78 is 5.60. The number of nitrogens with zero attached hydrogens (tertiary/aromatic N) is 2. The van der Waals surface area contributed by atoms with Crippen LogP contribution < -0.4 is 5.32 Å². The van der Waals surface area contributed by atoms with Gasteiger partial charge in [-0.25, -0.2) is 0 Å². The van der Waals surface area contributed by atoms with Crippen molar-refractivity contribution in [2.45, 2.75) is 44.3 Å². The number of hydrogen-bond donors (Lipinski definition) is 1. The Hall–Kier alpha value is -0.160. The predicted molar refractivity (Wildman–Crippen MR) is 75.0 cm³/mol. The second kappa shape index (κ2) is 6.85. The zero-order chi connectivity index (χ0) is 13.0. The maximum atomic E-state index is 5.60. The van der Waals surface area contributed by atoms with Gasteiger partial charge in [0.25, 0.3) is 0 Å². The quantitative estimate of drug-likeness (QED) is 0.649. The van der Waals surface area contributed by atoms with Crippen LogP contribution in [0.2, 0.25) is 0 Å². The van der Waals surface area contributed by atoms with Gasteiger partial charge in [-0.1, -0.05) is 0 Å². The summed E-state index contributed by atoms with van der Waals surface area (Å²) in [5.74, 6) is 0. The van der Waals surface area contributed by atoms with Crippen LogP contribution in [0.25, 0.3) is 0 Å². The van der Waals surface area contributed by atoms with Gasteiger partial charge >= 0.3 is 0 Å². The summed E-state index contributed by atoms with van der Waals surface area (Å²) in [7, 11) is 4.15. The Morgan fingerprint density at radius 2 is 2.06 bits per heavy atom. The smallest absolute Gasteiger partial charge is 0.0593 e. The Kier molecular flexibility index (Phi) is 5.42.